The molecule has 0 aliphatic heterocycles. The monoisotopic (exact) mass is 335 g/mol. The van der Waals surface area contributed by atoms with Gasteiger partial charge in [-0.2, -0.15) is 10.6 Å². The Morgan fingerprint density at radius 2 is 1.92 bits per heavy atom. The van der Waals surface area contributed by atoms with E-state index in [0.29, 0.717) is 16.2 Å². The summed E-state index contributed by atoms with van der Waals surface area (Å²) in [4.78, 5) is 23.3. The largest absolute Gasteiger partial charge is 0.440 e. The molecule has 3 rings (SSSR count). The highest BCUT2D eigenvalue weighted by Gasteiger charge is 2.02. The third-order valence-corrected chi connectivity index (χ3v) is 3.94. The van der Waals surface area contributed by atoms with Crippen LogP contribution in [0.1, 0.15) is 21.6 Å². The second-order valence-electron chi connectivity index (χ2n) is 4.64. The maximum atomic E-state index is 12.1. The van der Waals surface area contributed by atoms with E-state index in [1.807, 2.05) is 0 Å². The maximum Gasteiger partial charge on any atom is 0.255 e. The summed E-state index contributed by atoms with van der Waals surface area (Å²) in [6, 6.07) is 10.1. The molecule has 1 amide bonds. The molecule has 0 aliphatic carbocycles. The minimum absolute atomic E-state index is 0.232. The summed E-state index contributed by atoms with van der Waals surface area (Å²) in [6.07, 6.45) is 6.03. The molecule has 2 aromatic heterocycles. The number of H-pyrrole nitrogens is 1. The first-order valence-electron chi connectivity index (χ1n) is 6.91. The third kappa shape index (κ3) is 3.94. The molecule has 3 aromatic rings. The second-order valence-corrected chi connectivity index (χ2v) is 5.79. The van der Waals surface area contributed by atoms with Crippen molar-refractivity contribution in [3.63, 3.8) is 0 Å². The lowest BCUT2D eigenvalue weighted by molar-refractivity contribution is 0.100. The Morgan fingerprint density at radius 3 is 2.67 bits per heavy atom. The van der Waals surface area contributed by atoms with Crippen LogP contribution < -0.4 is 0 Å². The number of rotatable bonds is 2. The van der Waals surface area contributed by atoms with E-state index in [1.54, 1.807) is 42.6 Å². The summed E-state index contributed by atoms with van der Waals surface area (Å²) >= 11 is 0. The maximum absolute atomic E-state index is 12.1. The van der Waals surface area contributed by atoms with Crippen molar-refractivity contribution in [2.45, 2.75) is 4.90 Å². The first-order valence-corrected chi connectivity index (χ1v) is 8.01. The number of imidazole rings is 1. The molecule has 0 saturated heterocycles. The molecule has 118 valence electrons. The molecule has 0 saturated carbocycles. The molecule has 24 heavy (non-hydrogen) atoms. The minimum atomic E-state index is -1.75. The predicted molar refractivity (Wildman–Crippen MR) is 88.3 cm³/mol. The minimum Gasteiger partial charge on any atom is -0.440 e. The van der Waals surface area contributed by atoms with Crippen molar-refractivity contribution in [3.8, 4) is 11.8 Å². The number of nitrogens with one attached hydrogen (secondary N) is 1. The Kier molecular flexibility index (Phi) is 4.79. The molecule has 0 radical (unpaired) electrons. The zero-order valence-electron chi connectivity index (χ0n) is 12.3. The summed E-state index contributed by atoms with van der Waals surface area (Å²) in [6.45, 7) is 0. The fraction of sp³-hybridized carbons (Fsp3) is 0. The van der Waals surface area contributed by atoms with Crippen LogP contribution in [0.5, 0.6) is 0 Å². The van der Waals surface area contributed by atoms with Crippen molar-refractivity contribution >= 4 is 16.5 Å². The molecule has 1 aromatic carbocycles. The Morgan fingerprint density at radius 1 is 1.08 bits per heavy atom. The fourth-order valence-corrected chi connectivity index (χ4v) is 2.56. The normalized spacial score (nSPS) is 11.5. The average Bonchev–Trinajstić information content (AvgIpc) is 3.14. The fourth-order valence-electron chi connectivity index (χ4n) is 1.81. The quantitative estimate of drug-likeness (QED) is 0.576. The van der Waals surface area contributed by atoms with Gasteiger partial charge in [-0.05, 0) is 12.0 Å². The Labute approximate surface area is 140 Å². The topological polar surface area (TPSA) is 88.1 Å². The van der Waals surface area contributed by atoms with E-state index < -0.39 is 16.5 Å². The number of carbonyl (C=O) groups excluding carboxylic acids is 1. The number of nitrogens with zero attached hydrogens (tertiary/aromatic N) is 3. The molecule has 0 spiro atoms. The van der Waals surface area contributed by atoms with Crippen LogP contribution >= 0.6 is 0 Å². The van der Waals surface area contributed by atoms with E-state index in [9.17, 15) is 9.00 Å². The number of amides is 1. The van der Waals surface area contributed by atoms with Crippen molar-refractivity contribution in [2.24, 2.45) is 4.36 Å². The summed E-state index contributed by atoms with van der Waals surface area (Å²) in [7, 11) is -1.75. The molecule has 0 fully saturated rings. The van der Waals surface area contributed by atoms with E-state index in [2.05, 4.69) is 31.2 Å². The number of hydrogen-bond acceptors (Lipinski definition) is 5. The van der Waals surface area contributed by atoms with E-state index >= 15 is 0 Å². The molecule has 7 heteroatoms. The first kappa shape index (κ1) is 15.6. The van der Waals surface area contributed by atoms with E-state index in [1.165, 1.54) is 18.7 Å². The molecule has 6 nitrogen and oxygen atoms in total. The molecule has 1 N–H and O–H groups in total. The molecular formula is C17H11N4O2S-. The summed E-state index contributed by atoms with van der Waals surface area (Å²) in [5.41, 5.74) is 1.44. The van der Waals surface area contributed by atoms with Crippen molar-refractivity contribution in [2.75, 3.05) is 0 Å². The Hall–Kier alpha value is -3.24. The lowest BCUT2D eigenvalue weighted by atomic mass is 10.2. The van der Waals surface area contributed by atoms with E-state index in [-0.39, 0.29) is 5.56 Å². The van der Waals surface area contributed by atoms with Gasteiger partial charge in [-0.1, -0.05) is 41.1 Å². The highest BCUT2D eigenvalue weighted by Crippen LogP contribution is 2.07. The van der Waals surface area contributed by atoms with Gasteiger partial charge in [0, 0.05) is 18.0 Å². The predicted octanol–water partition coefficient (Wildman–Crippen LogP) is 2.55. The zero-order chi connectivity index (χ0) is 16.8. The van der Waals surface area contributed by atoms with Gasteiger partial charge in [-0.15, -0.1) is 0 Å². The first-order chi connectivity index (χ1) is 11.7. The van der Waals surface area contributed by atoms with E-state index in [4.69, 9.17) is 0 Å². The van der Waals surface area contributed by atoms with Crippen molar-refractivity contribution < 1.29 is 9.00 Å². The smallest absolute Gasteiger partial charge is 0.255 e. The van der Waals surface area contributed by atoms with Crippen LogP contribution in [0.25, 0.3) is 0 Å². The lowest BCUT2D eigenvalue weighted by Crippen LogP contribution is -1.97. The second kappa shape index (κ2) is 7.35. The van der Waals surface area contributed by atoms with Gasteiger partial charge in [0.15, 0.2) is 0 Å². The number of pyridine rings is 1. The van der Waals surface area contributed by atoms with Gasteiger partial charge in [0.25, 0.3) is 5.91 Å². The molecule has 0 unspecified atom stereocenters. The van der Waals surface area contributed by atoms with Crippen molar-refractivity contribution in [3.05, 3.63) is 78.1 Å². The van der Waals surface area contributed by atoms with Gasteiger partial charge >= 0.3 is 0 Å². The lowest BCUT2D eigenvalue weighted by Gasteiger charge is -2.04. The van der Waals surface area contributed by atoms with Gasteiger partial charge in [-0.25, -0.2) is 4.98 Å². The van der Waals surface area contributed by atoms with E-state index in [0.717, 1.165) is 0 Å². The SMILES string of the molecule is O=C(N=[S-](=O)c1ccccc1)c1cncc(C#Cc2cnc[nH]2)c1. The van der Waals surface area contributed by atoms with Crippen LogP contribution in [0.2, 0.25) is 0 Å². The molecule has 0 bridgehead atoms. The number of carbonyl (C=O) groups is 1. The number of benzene rings is 1. The molecular weight excluding hydrogens is 324 g/mol. The van der Waals surface area contributed by atoms with Crippen LogP contribution in [0, 0.1) is 11.8 Å². The summed E-state index contributed by atoms with van der Waals surface area (Å²) in [5.74, 6) is 5.14. The number of aromatic amines is 1. The summed E-state index contributed by atoms with van der Waals surface area (Å²) < 4.78 is 15.8. The molecule has 0 aliphatic rings. The van der Waals surface area contributed by atoms with Crippen LogP contribution in [0.15, 0.2) is 70.6 Å². The number of aromatic nitrogens is 3. The van der Waals surface area contributed by atoms with Crippen LogP contribution in [-0.4, -0.2) is 20.9 Å². The number of hydrogen-bond donors (Lipinski definition) is 1. The van der Waals surface area contributed by atoms with Gasteiger partial charge in [0.05, 0.1) is 18.1 Å². The van der Waals surface area contributed by atoms with Crippen LogP contribution in [-0.2, 0) is 14.8 Å². The van der Waals surface area contributed by atoms with Gasteiger partial charge in [0.1, 0.15) is 5.69 Å². The highest BCUT2D eigenvalue weighted by atomic mass is 32.2. The molecule has 2 heterocycles. The van der Waals surface area contributed by atoms with Crippen molar-refractivity contribution in [1.29, 1.82) is 0 Å². The zero-order valence-corrected chi connectivity index (χ0v) is 13.2. The Bertz CT molecular complexity index is 996. The van der Waals surface area contributed by atoms with Gasteiger partial charge < -0.3 is 13.6 Å². The third-order valence-electron chi connectivity index (χ3n) is 2.94. The summed E-state index contributed by atoms with van der Waals surface area (Å²) in [5, 5.41) is 0. The van der Waals surface area contributed by atoms with Crippen molar-refractivity contribution in [1.82, 2.24) is 15.0 Å². The highest BCUT2D eigenvalue weighted by molar-refractivity contribution is 7.75. The molecule has 0 atom stereocenters. The van der Waals surface area contributed by atoms with Gasteiger partial charge in [0.2, 0.25) is 0 Å². The Balaban J connectivity index is 1.83. The van der Waals surface area contributed by atoms with Crippen LogP contribution in [0.3, 0.4) is 0 Å². The standard InChI is InChI=1S/C17H11N4O2S/c22-17(21-24(23)16-4-2-1-3-5-16)14-8-13(9-18-10-14)6-7-15-11-19-12-20-15/h1-5,8-12H,(H,19,20)/q-1. The van der Waals surface area contributed by atoms with Crippen LogP contribution in [0.4, 0.5) is 0 Å². The average molecular weight is 335 g/mol. The van der Waals surface area contributed by atoms with Gasteiger partial charge in [-0.3, -0.25) is 9.78 Å².